The van der Waals surface area contributed by atoms with Crippen LogP contribution in [-0.2, 0) is 0 Å². The van der Waals surface area contributed by atoms with Gasteiger partial charge in [0.05, 0.1) is 21.3 Å². The maximum absolute atomic E-state index is 10.1. The van der Waals surface area contributed by atoms with E-state index in [2.05, 4.69) is 29.2 Å². The molecule has 4 rings (SSSR count). The van der Waals surface area contributed by atoms with Gasteiger partial charge in [-0.05, 0) is 54.7 Å². The molecule has 0 bridgehead atoms. The number of nitriles is 1. The molecule has 29 heavy (non-hydrogen) atoms. The van der Waals surface area contributed by atoms with Crippen molar-refractivity contribution in [2.75, 3.05) is 27.9 Å². The van der Waals surface area contributed by atoms with Gasteiger partial charge in [-0.15, -0.1) is 0 Å². The van der Waals surface area contributed by atoms with Crippen molar-refractivity contribution < 1.29 is 14.2 Å². The van der Waals surface area contributed by atoms with Crippen molar-refractivity contribution in [3.63, 3.8) is 0 Å². The van der Waals surface area contributed by atoms with Crippen LogP contribution < -0.4 is 14.2 Å². The standard InChI is InChI=1S/C24H26N2O3/c1-27-19-9-6-16(7-10-19)24-20(14-18-5-4-12-26(18)21(24)15-25)17-8-11-22(28-2)23(13-17)29-3/h6-11,13,18,20H,4-5,12,14H2,1-3H3. The smallest absolute Gasteiger partial charge is 0.161 e. The van der Waals surface area contributed by atoms with E-state index in [1.165, 1.54) is 0 Å². The molecule has 0 aromatic heterocycles. The van der Waals surface area contributed by atoms with Crippen LogP contribution in [0, 0.1) is 11.3 Å². The molecule has 2 atom stereocenters. The monoisotopic (exact) mass is 390 g/mol. The SMILES string of the molecule is COc1ccc(C2=C(C#N)N3CCCC3CC2c2ccc(OC)c(OC)c2)cc1. The lowest BCUT2D eigenvalue weighted by Crippen LogP contribution is -2.35. The van der Waals surface area contributed by atoms with Crippen LogP contribution in [-0.4, -0.2) is 38.8 Å². The maximum Gasteiger partial charge on any atom is 0.161 e. The van der Waals surface area contributed by atoms with Gasteiger partial charge in [0.2, 0.25) is 0 Å². The summed E-state index contributed by atoms with van der Waals surface area (Å²) in [4.78, 5) is 2.30. The van der Waals surface area contributed by atoms with Gasteiger partial charge >= 0.3 is 0 Å². The number of hydrogen-bond donors (Lipinski definition) is 0. The molecule has 2 aromatic carbocycles. The molecule has 0 N–H and O–H groups in total. The number of nitrogens with zero attached hydrogens (tertiary/aromatic N) is 2. The number of methoxy groups -OCH3 is 3. The summed E-state index contributed by atoms with van der Waals surface area (Å²) in [6.45, 7) is 0.950. The first kappa shape index (κ1) is 19.2. The Balaban J connectivity index is 1.86. The quantitative estimate of drug-likeness (QED) is 0.747. The molecule has 2 heterocycles. The Kier molecular flexibility index (Phi) is 5.35. The summed E-state index contributed by atoms with van der Waals surface area (Å²) in [5.74, 6) is 2.36. The fourth-order valence-corrected chi connectivity index (χ4v) is 4.69. The lowest BCUT2D eigenvalue weighted by atomic mass is 9.78. The number of ether oxygens (including phenoxy) is 3. The first-order chi connectivity index (χ1) is 14.2. The van der Waals surface area contributed by atoms with Gasteiger partial charge < -0.3 is 19.1 Å². The average Bonchev–Trinajstić information content (AvgIpc) is 3.25. The van der Waals surface area contributed by atoms with Crippen LogP contribution in [0.3, 0.4) is 0 Å². The number of allylic oxidation sites excluding steroid dienone is 2. The highest BCUT2D eigenvalue weighted by molar-refractivity contribution is 5.78. The van der Waals surface area contributed by atoms with E-state index in [-0.39, 0.29) is 5.92 Å². The molecule has 0 radical (unpaired) electrons. The average molecular weight is 390 g/mol. The first-order valence-corrected chi connectivity index (χ1v) is 9.97. The van der Waals surface area contributed by atoms with Gasteiger partial charge in [-0.3, -0.25) is 0 Å². The molecule has 2 unspecified atom stereocenters. The minimum Gasteiger partial charge on any atom is -0.497 e. The minimum atomic E-state index is 0.122. The highest BCUT2D eigenvalue weighted by Gasteiger charge is 2.38. The molecule has 0 amide bonds. The zero-order chi connectivity index (χ0) is 20.4. The van der Waals surface area contributed by atoms with E-state index in [0.717, 1.165) is 54.0 Å². The van der Waals surface area contributed by atoms with Gasteiger partial charge in [-0.2, -0.15) is 5.26 Å². The third-order valence-corrected chi connectivity index (χ3v) is 6.09. The van der Waals surface area contributed by atoms with Gasteiger partial charge in [0, 0.05) is 24.1 Å². The summed E-state index contributed by atoms with van der Waals surface area (Å²) in [7, 11) is 4.96. The molecule has 150 valence electrons. The summed E-state index contributed by atoms with van der Waals surface area (Å²) in [6, 6.07) is 17.0. The van der Waals surface area contributed by atoms with Crippen LogP contribution in [0.1, 0.15) is 36.3 Å². The number of hydrogen-bond acceptors (Lipinski definition) is 5. The lowest BCUT2D eigenvalue weighted by Gasteiger charge is -2.38. The van der Waals surface area contributed by atoms with Crippen LogP contribution in [0.4, 0.5) is 0 Å². The third-order valence-electron chi connectivity index (χ3n) is 6.09. The predicted octanol–water partition coefficient (Wildman–Crippen LogP) is 4.60. The van der Waals surface area contributed by atoms with Crippen LogP contribution >= 0.6 is 0 Å². The Morgan fingerprint density at radius 2 is 1.72 bits per heavy atom. The second-order valence-electron chi connectivity index (χ2n) is 7.49. The summed E-state index contributed by atoms with van der Waals surface area (Å²) in [5.41, 5.74) is 4.09. The maximum atomic E-state index is 10.1. The second kappa shape index (κ2) is 8.08. The second-order valence-corrected chi connectivity index (χ2v) is 7.49. The highest BCUT2D eigenvalue weighted by Crippen LogP contribution is 2.47. The van der Waals surface area contributed by atoms with E-state index < -0.39 is 0 Å². The van der Waals surface area contributed by atoms with E-state index in [1.807, 2.05) is 24.3 Å². The van der Waals surface area contributed by atoms with E-state index in [1.54, 1.807) is 21.3 Å². The predicted molar refractivity (Wildman–Crippen MR) is 112 cm³/mol. The molecule has 5 nitrogen and oxygen atoms in total. The zero-order valence-corrected chi connectivity index (χ0v) is 17.1. The molecule has 0 saturated carbocycles. The lowest BCUT2D eigenvalue weighted by molar-refractivity contribution is 0.293. The van der Waals surface area contributed by atoms with Crippen molar-refractivity contribution in [1.82, 2.24) is 4.90 Å². The third kappa shape index (κ3) is 3.40. The molecule has 0 spiro atoms. The van der Waals surface area contributed by atoms with Crippen molar-refractivity contribution in [2.45, 2.75) is 31.2 Å². The Morgan fingerprint density at radius 3 is 2.38 bits per heavy atom. The van der Waals surface area contributed by atoms with Crippen molar-refractivity contribution in [1.29, 1.82) is 5.26 Å². The molecule has 1 fully saturated rings. The van der Waals surface area contributed by atoms with Gasteiger partial charge in [0.1, 0.15) is 17.5 Å². The fraction of sp³-hybridized carbons (Fsp3) is 0.375. The molecule has 2 aliphatic rings. The van der Waals surface area contributed by atoms with Crippen LogP contribution in [0.5, 0.6) is 17.2 Å². The molecular weight excluding hydrogens is 364 g/mol. The van der Waals surface area contributed by atoms with Crippen molar-refractivity contribution in [3.05, 3.63) is 59.3 Å². The van der Waals surface area contributed by atoms with Gasteiger partial charge in [0.25, 0.3) is 0 Å². The number of fused-ring (bicyclic) bond motifs is 1. The number of rotatable bonds is 5. The summed E-state index contributed by atoms with van der Waals surface area (Å²) in [5, 5.41) is 10.1. The zero-order valence-electron chi connectivity index (χ0n) is 17.1. The fourth-order valence-electron chi connectivity index (χ4n) is 4.69. The van der Waals surface area contributed by atoms with Crippen molar-refractivity contribution >= 4 is 5.57 Å². The topological polar surface area (TPSA) is 54.7 Å². The van der Waals surface area contributed by atoms with Crippen molar-refractivity contribution in [3.8, 4) is 23.3 Å². The van der Waals surface area contributed by atoms with Gasteiger partial charge in [-0.1, -0.05) is 18.2 Å². The Labute approximate surface area is 172 Å². The highest BCUT2D eigenvalue weighted by atomic mass is 16.5. The molecule has 2 aromatic rings. The van der Waals surface area contributed by atoms with Gasteiger partial charge in [-0.25, -0.2) is 0 Å². The number of benzene rings is 2. The van der Waals surface area contributed by atoms with Gasteiger partial charge in [0.15, 0.2) is 11.5 Å². The van der Waals surface area contributed by atoms with Crippen LogP contribution in [0.2, 0.25) is 0 Å². The summed E-state index contributed by atoms with van der Waals surface area (Å²) >= 11 is 0. The van der Waals surface area contributed by atoms with E-state index in [9.17, 15) is 5.26 Å². The molecule has 1 saturated heterocycles. The van der Waals surface area contributed by atoms with Crippen molar-refractivity contribution in [2.24, 2.45) is 0 Å². The first-order valence-electron chi connectivity index (χ1n) is 9.97. The van der Waals surface area contributed by atoms with E-state index >= 15 is 0 Å². The molecule has 5 heteroatoms. The summed E-state index contributed by atoms with van der Waals surface area (Å²) < 4.78 is 16.3. The molecule has 2 aliphatic heterocycles. The Hall–Kier alpha value is -3.13. The minimum absolute atomic E-state index is 0.122. The van der Waals surface area contributed by atoms with Crippen LogP contribution in [0.25, 0.3) is 5.57 Å². The molecular formula is C24H26N2O3. The molecule has 0 aliphatic carbocycles. The normalized spacial score (nSPS) is 20.8. The largest absolute Gasteiger partial charge is 0.497 e. The van der Waals surface area contributed by atoms with E-state index in [4.69, 9.17) is 14.2 Å². The Morgan fingerprint density at radius 1 is 0.966 bits per heavy atom. The van der Waals surface area contributed by atoms with Crippen LogP contribution in [0.15, 0.2) is 48.2 Å². The summed E-state index contributed by atoms with van der Waals surface area (Å²) in [6.07, 6.45) is 3.25. The Bertz CT molecular complexity index is 959. The van der Waals surface area contributed by atoms with E-state index in [0.29, 0.717) is 17.5 Å².